The second kappa shape index (κ2) is 15.2. The van der Waals surface area contributed by atoms with E-state index in [4.69, 9.17) is 55.9 Å². The Labute approximate surface area is 289 Å². The van der Waals surface area contributed by atoms with Crippen molar-refractivity contribution in [1.82, 2.24) is 15.1 Å². The SMILES string of the molecule is COC(=O)C1=C(C)NC(C)=C(C(=O)OCCN2CCN(C(c3ccc(Cl)cc3)c3ccc(Cl)cc3)CC2)C1c1cccc(Cl)c1Cl. The van der Waals surface area contributed by atoms with Gasteiger partial charge in [-0.05, 0) is 60.9 Å². The second-order valence-electron chi connectivity index (χ2n) is 11.3. The molecule has 0 bridgehead atoms. The zero-order valence-corrected chi connectivity index (χ0v) is 28.8. The Kier molecular flexibility index (Phi) is 11.4. The number of hydrogen-bond donors (Lipinski definition) is 1. The van der Waals surface area contributed by atoms with E-state index in [0.29, 0.717) is 38.6 Å². The minimum atomic E-state index is -0.811. The molecule has 1 saturated heterocycles. The second-order valence-corrected chi connectivity index (χ2v) is 12.9. The highest BCUT2D eigenvalue weighted by Gasteiger charge is 2.39. The number of piperazine rings is 1. The van der Waals surface area contributed by atoms with Crippen molar-refractivity contribution in [3.8, 4) is 0 Å². The predicted octanol–water partition coefficient (Wildman–Crippen LogP) is 7.66. The van der Waals surface area contributed by atoms with Gasteiger partial charge in [-0.1, -0.05) is 82.8 Å². The van der Waals surface area contributed by atoms with Crippen molar-refractivity contribution in [2.75, 3.05) is 46.4 Å². The minimum absolute atomic E-state index is 0.0546. The van der Waals surface area contributed by atoms with Crippen molar-refractivity contribution in [3.63, 3.8) is 0 Å². The van der Waals surface area contributed by atoms with E-state index in [2.05, 4.69) is 39.4 Å². The molecule has 1 fully saturated rings. The van der Waals surface area contributed by atoms with Gasteiger partial charge in [-0.2, -0.15) is 0 Å². The quantitative estimate of drug-likeness (QED) is 0.230. The molecule has 2 aliphatic heterocycles. The first kappa shape index (κ1) is 34.3. The Morgan fingerprint density at radius 2 is 1.35 bits per heavy atom. The summed E-state index contributed by atoms with van der Waals surface area (Å²) >= 11 is 25.3. The first-order valence-electron chi connectivity index (χ1n) is 14.9. The van der Waals surface area contributed by atoms with E-state index < -0.39 is 17.9 Å². The molecule has 7 nitrogen and oxygen atoms in total. The van der Waals surface area contributed by atoms with E-state index in [1.807, 2.05) is 24.3 Å². The molecule has 0 amide bonds. The topological polar surface area (TPSA) is 71.1 Å². The van der Waals surface area contributed by atoms with Crippen molar-refractivity contribution in [3.05, 3.63) is 126 Å². The van der Waals surface area contributed by atoms with Crippen molar-refractivity contribution in [1.29, 1.82) is 0 Å². The zero-order valence-electron chi connectivity index (χ0n) is 25.8. The summed E-state index contributed by atoms with van der Waals surface area (Å²) in [6, 6.07) is 21.1. The zero-order chi connectivity index (χ0) is 33.0. The molecule has 11 heteroatoms. The molecule has 1 atom stereocenters. The summed E-state index contributed by atoms with van der Waals surface area (Å²) in [4.78, 5) is 31.3. The highest BCUT2D eigenvalue weighted by atomic mass is 35.5. The molecule has 46 heavy (non-hydrogen) atoms. The summed E-state index contributed by atoms with van der Waals surface area (Å²) in [5.41, 5.74) is 4.53. The van der Waals surface area contributed by atoms with Crippen molar-refractivity contribution >= 4 is 58.3 Å². The lowest BCUT2D eigenvalue weighted by Crippen LogP contribution is -2.48. The van der Waals surface area contributed by atoms with Crippen LogP contribution in [0.2, 0.25) is 20.1 Å². The number of benzene rings is 3. The third-order valence-electron chi connectivity index (χ3n) is 8.46. The molecule has 2 heterocycles. The van der Waals surface area contributed by atoms with Gasteiger partial charge in [-0.15, -0.1) is 0 Å². The first-order chi connectivity index (χ1) is 22.1. The molecule has 0 spiro atoms. The number of ether oxygens (including phenoxy) is 2. The summed E-state index contributed by atoms with van der Waals surface area (Å²) in [7, 11) is 1.30. The molecular formula is C35H35Cl4N3O4. The molecule has 0 saturated carbocycles. The number of nitrogens with zero attached hydrogens (tertiary/aromatic N) is 2. The summed E-state index contributed by atoms with van der Waals surface area (Å²) < 4.78 is 10.9. The smallest absolute Gasteiger partial charge is 0.336 e. The Bertz CT molecular complexity index is 1600. The van der Waals surface area contributed by atoms with E-state index in [-0.39, 0.29) is 28.8 Å². The van der Waals surface area contributed by atoms with Crippen LogP contribution in [0.1, 0.15) is 42.5 Å². The van der Waals surface area contributed by atoms with Crippen molar-refractivity contribution in [2.45, 2.75) is 25.8 Å². The number of carbonyl (C=O) groups is 2. The number of nitrogens with one attached hydrogen (secondary N) is 1. The molecule has 5 rings (SSSR count). The summed E-state index contributed by atoms with van der Waals surface area (Å²) in [5.74, 6) is -1.92. The van der Waals surface area contributed by atoms with Gasteiger partial charge in [0.1, 0.15) is 6.61 Å². The van der Waals surface area contributed by atoms with Crippen LogP contribution >= 0.6 is 46.4 Å². The maximum absolute atomic E-state index is 13.7. The van der Waals surface area contributed by atoms with Gasteiger partial charge in [-0.3, -0.25) is 9.80 Å². The van der Waals surface area contributed by atoms with Crippen LogP contribution in [-0.2, 0) is 19.1 Å². The number of allylic oxidation sites excluding steroid dienone is 2. The first-order valence-corrected chi connectivity index (χ1v) is 16.5. The van der Waals surface area contributed by atoms with Gasteiger partial charge in [0.2, 0.25) is 0 Å². The van der Waals surface area contributed by atoms with Gasteiger partial charge >= 0.3 is 11.9 Å². The Hall–Kier alpha value is -3.04. The minimum Gasteiger partial charge on any atom is -0.466 e. The monoisotopic (exact) mass is 701 g/mol. The molecule has 0 radical (unpaired) electrons. The Morgan fingerprint density at radius 3 is 1.89 bits per heavy atom. The summed E-state index contributed by atoms with van der Waals surface area (Å²) in [6.07, 6.45) is 0. The normalized spacial score (nSPS) is 17.7. The number of rotatable bonds is 9. The average Bonchev–Trinajstić information content (AvgIpc) is 3.04. The molecule has 0 aromatic heterocycles. The van der Waals surface area contributed by atoms with E-state index in [9.17, 15) is 9.59 Å². The molecule has 242 valence electrons. The van der Waals surface area contributed by atoms with Crippen LogP contribution in [0.3, 0.4) is 0 Å². The fraction of sp³-hybridized carbons (Fsp3) is 0.314. The third kappa shape index (κ3) is 7.57. The van der Waals surface area contributed by atoms with E-state index in [1.54, 1.807) is 32.0 Å². The Balaban J connectivity index is 1.26. The van der Waals surface area contributed by atoms with E-state index >= 15 is 0 Å². The number of carbonyl (C=O) groups excluding carboxylic acids is 2. The van der Waals surface area contributed by atoms with Gasteiger partial charge in [0.05, 0.1) is 40.3 Å². The van der Waals surface area contributed by atoms with Crippen LogP contribution < -0.4 is 5.32 Å². The van der Waals surface area contributed by atoms with Crippen molar-refractivity contribution in [2.24, 2.45) is 0 Å². The lowest BCUT2D eigenvalue weighted by atomic mass is 9.80. The van der Waals surface area contributed by atoms with Crippen LogP contribution in [0.25, 0.3) is 0 Å². The van der Waals surface area contributed by atoms with Gasteiger partial charge in [-0.25, -0.2) is 9.59 Å². The van der Waals surface area contributed by atoms with Crippen LogP contribution in [0.4, 0.5) is 0 Å². The maximum Gasteiger partial charge on any atom is 0.336 e. The summed E-state index contributed by atoms with van der Waals surface area (Å²) in [6.45, 7) is 7.51. The lowest BCUT2D eigenvalue weighted by Gasteiger charge is -2.39. The highest BCUT2D eigenvalue weighted by molar-refractivity contribution is 6.42. The van der Waals surface area contributed by atoms with Gasteiger partial charge < -0.3 is 14.8 Å². The number of dihydropyridines is 1. The van der Waals surface area contributed by atoms with Gasteiger partial charge in [0.15, 0.2) is 0 Å². The van der Waals surface area contributed by atoms with Crippen molar-refractivity contribution < 1.29 is 19.1 Å². The molecule has 1 N–H and O–H groups in total. The number of halogens is 4. The average molecular weight is 703 g/mol. The van der Waals surface area contributed by atoms with E-state index in [0.717, 1.165) is 37.3 Å². The van der Waals surface area contributed by atoms with Crippen LogP contribution in [0.15, 0.2) is 89.3 Å². The van der Waals surface area contributed by atoms with Gasteiger partial charge in [0, 0.05) is 54.2 Å². The van der Waals surface area contributed by atoms with Crippen LogP contribution in [0.5, 0.6) is 0 Å². The molecule has 0 aliphatic carbocycles. The van der Waals surface area contributed by atoms with Gasteiger partial charge in [0.25, 0.3) is 0 Å². The number of esters is 2. The molecular weight excluding hydrogens is 668 g/mol. The summed E-state index contributed by atoms with van der Waals surface area (Å²) in [5, 5.41) is 5.12. The lowest BCUT2D eigenvalue weighted by molar-refractivity contribution is -0.140. The number of methoxy groups -OCH3 is 1. The number of hydrogen-bond acceptors (Lipinski definition) is 7. The fourth-order valence-corrected chi connectivity index (χ4v) is 6.86. The maximum atomic E-state index is 13.7. The molecule has 1 unspecified atom stereocenters. The highest BCUT2D eigenvalue weighted by Crippen LogP contribution is 2.43. The molecule has 3 aromatic carbocycles. The largest absolute Gasteiger partial charge is 0.466 e. The van der Waals surface area contributed by atoms with Crippen LogP contribution in [0, 0.1) is 0 Å². The third-order valence-corrected chi connectivity index (χ3v) is 9.80. The predicted molar refractivity (Wildman–Crippen MR) is 183 cm³/mol. The standard InChI is InChI=1S/C35H35Cl4N3O4/c1-21-29(34(43)45-3)31(27-5-4-6-28(38)32(27)39)30(22(2)40-21)35(44)46-20-19-41-15-17-42(18-16-41)33(23-7-11-25(36)12-8-23)24-9-13-26(37)14-10-24/h4-14,31,33,40H,15-20H2,1-3H3. The fourth-order valence-electron chi connectivity index (χ4n) is 6.19. The Morgan fingerprint density at radius 1 is 0.804 bits per heavy atom. The van der Waals surface area contributed by atoms with E-state index in [1.165, 1.54) is 7.11 Å². The molecule has 3 aromatic rings. The van der Waals surface area contributed by atoms with Crippen LogP contribution in [-0.4, -0.2) is 68.2 Å². The molecule has 2 aliphatic rings.